The molecule has 2 aromatic heterocycles. The number of hydrogen-bond donors (Lipinski definition) is 0. The second-order valence-corrected chi connectivity index (χ2v) is 8.84. The molecule has 1 amide bonds. The normalized spacial score (nSPS) is 16.7. The molecule has 1 aliphatic rings. The average Bonchev–Trinajstić information content (AvgIpc) is 3.26. The van der Waals surface area contributed by atoms with Gasteiger partial charge in [0.25, 0.3) is 10.0 Å². The maximum absolute atomic E-state index is 12.5. The number of amides is 1. The molecule has 0 N–H and O–H groups in total. The van der Waals surface area contributed by atoms with E-state index in [2.05, 4.69) is 10.2 Å². The van der Waals surface area contributed by atoms with Crippen LogP contribution in [0.2, 0.25) is 0 Å². The minimum Gasteiger partial charge on any atom is -0.417 e. The number of aromatic nitrogens is 2. The number of hydrogen-bond acceptors (Lipinski definition) is 7. The van der Waals surface area contributed by atoms with E-state index in [1.165, 1.54) is 20.5 Å². The van der Waals surface area contributed by atoms with E-state index >= 15 is 0 Å². The van der Waals surface area contributed by atoms with E-state index in [0.717, 1.165) is 0 Å². The highest BCUT2D eigenvalue weighted by Gasteiger charge is 2.32. The molecule has 3 heterocycles. The first kappa shape index (κ1) is 17.1. The van der Waals surface area contributed by atoms with E-state index in [1.807, 2.05) is 13.8 Å². The lowest BCUT2D eigenvalue weighted by Crippen LogP contribution is -2.50. The monoisotopic (exact) mass is 370 g/mol. The van der Waals surface area contributed by atoms with Gasteiger partial charge in [0.15, 0.2) is 0 Å². The molecule has 0 aromatic carbocycles. The van der Waals surface area contributed by atoms with Gasteiger partial charge >= 0.3 is 11.8 Å². The molecule has 1 fully saturated rings. The van der Waals surface area contributed by atoms with Gasteiger partial charge in [0.2, 0.25) is 5.89 Å². The molecule has 10 heteroatoms. The number of carbonyl (C=O) groups excluding carboxylic acids is 1. The maximum Gasteiger partial charge on any atom is 0.311 e. The highest BCUT2D eigenvalue weighted by atomic mass is 32.2. The number of piperazine rings is 1. The molecule has 1 aliphatic heterocycles. The zero-order chi connectivity index (χ0) is 17.3. The topological polar surface area (TPSA) is 96.6 Å². The van der Waals surface area contributed by atoms with Crippen molar-refractivity contribution in [3.05, 3.63) is 29.3 Å². The third-order valence-electron chi connectivity index (χ3n) is 3.73. The minimum atomic E-state index is -3.48. The van der Waals surface area contributed by atoms with Gasteiger partial charge in [-0.15, -0.1) is 21.5 Å². The Morgan fingerprint density at radius 3 is 2.50 bits per heavy atom. The Balaban J connectivity index is 1.65. The second kappa shape index (κ2) is 6.61. The molecule has 2 aromatic rings. The van der Waals surface area contributed by atoms with Crippen molar-refractivity contribution in [2.24, 2.45) is 0 Å². The number of thiophene rings is 1. The first-order valence-electron chi connectivity index (χ1n) is 7.56. The van der Waals surface area contributed by atoms with E-state index < -0.39 is 10.0 Å². The van der Waals surface area contributed by atoms with Crippen LogP contribution in [0.4, 0.5) is 0 Å². The molecule has 1 saturated heterocycles. The maximum atomic E-state index is 12.5. The van der Waals surface area contributed by atoms with Crippen molar-refractivity contribution in [1.29, 1.82) is 0 Å². The van der Waals surface area contributed by atoms with Gasteiger partial charge in [-0.25, -0.2) is 8.42 Å². The molecular weight excluding hydrogens is 352 g/mol. The molecule has 0 saturated carbocycles. The average molecular weight is 370 g/mol. The van der Waals surface area contributed by atoms with Crippen molar-refractivity contribution in [3.63, 3.8) is 0 Å². The molecule has 0 spiro atoms. The summed E-state index contributed by atoms with van der Waals surface area (Å²) in [6, 6.07) is 3.29. The molecule has 0 bridgehead atoms. The Hall–Kier alpha value is -1.78. The summed E-state index contributed by atoms with van der Waals surface area (Å²) in [5.41, 5.74) is 0. The van der Waals surface area contributed by atoms with Crippen LogP contribution in [0, 0.1) is 0 Å². The summed E-state index contributed by atoms with van der Waals surface area (Å²) < 4.78 is 32.0. The van der Waals surface area contributed by atoms with E-state index in [1.54, 1.807) is 17.5 Å². The summed E-state index contributed by atoms with van der Waals surface area (Å²) >= 11 is 1.19. The van der Waals surface area contributed by atoms with Crippen LogP contribution >= 0.6 is 11.3 Å². The fraction of sp³-hybridized carbons (Fsp3) is 0.500. The van der Waals surface area contributed by atoms with Crippen molar-refractivity contribution in [3.8, 4) is 0 Å². The van der Waals surface area contributed by atoms with E-state index in [-0.39, 0.29) is 30.8 Å². The van der Waals surface area contributed by atoms with Gasteiger partial charge < -0.3 is 9.32 Å². The van der Waals surface area contributed by atoms with Crippen molar-refractivity contribution < 1.29 is 17.6 Å². The minimum absolute atomic E-state index is 0.0479. The zero-order valence-electron chi connectivity index (χ0n) is 13.4. The Labute approximate surface area is 144 Å². The third-order valence-corrected chi connectivity index (χ3v) is 7.00. The summed E-state index contributed by atoms with van der Waals surface area (Å²) in [7, 11) is -3.48. The Kier molecular flexibility index (Phi) is 4.70. The summed E-state index contributed by atoms with van der Waals surface area (Å²) in [6.07, 6.45) is 0. The molecule has 3 rings (SSSR count). The molecular formula is C14H18N4O4S2. The lowest BCUT2D eigenvalue weighted by atomic mass is 10.2. The first-order chi connectivity index (χ1) is 11.4. The lowest BCUT2D eigenvalue weighted by Gasteiger charge is -2.32. The molecule has 130 valence electrons. The number of sulfonamides is 1. The van der Waals surface area contributed by atoms with Crippen molar-refractivity contribution in [2.45, 2.75) is 24.0 Å². The second-order valence-electron chi connectivity index (χ2n) is 5.73. The van der Waals surface area contributed by atoms with Crippen molar-refractivity contribution in [2.75, 3.05) is 26.2 Å². The van der Waals surface area contributed by atoms with Gasteiger partial charge in [0, 0.05) is 32.1 Å². The summed E-state index contributed by atoms with van der Waals surface area (Å²) in [4.78, 5) is 13.9. The fourth-order valence-electron chi connectivity index (χ4n) is 2.36. The van der Waals surface area contributed by atoms with Crippen LogP contribution in [0.3, 0.4) is 0 Å². The van der Waals surface area contributed by atoms with E-state index in [0.29, 0.717) is 23.2 Å². The molecule has 0 radical (unpaired) electrons. The molecule has 0 atom stereocenters. The van der Waals surface area contributed by atoms with Gasteiger partial charge in [-0.3, -0.25) is 4.79 Å². The first-order valence-corrected chi connectivity index (χ1v) is 9.88. The predicted octanol–water partition coefficient (Wildman–Crippen LogP) is 1.40. The van der Waals surface area contributed by atoms with Gasteiger partial charge in [-0.05, 0) is 11.4 Å². The van der Waals surface area contributed by atoms with Crippen LogP contribution in [-0.4, -0.2) is 59.9 Å². The number of rotatable bonds is 4. The SMILES string of the molecule is CC(C)c1nnc(C(=O)N2CCN(S(=O)(=O)c3cccs3)CC2)o1. The Bertz CT molecular complexity index is 806. The fourth-order valence-corrected chi connectivity index (χ4v) is 4.93. The summed E-state index contributed by atoms with van der Waals surface area (Å²) in [5, 5.41) is 9.36. The molecule has 8 nitrogen and oxygen atoms in total. The zero-order valence-corrected chi connectivity index (χ0v) is 15.0. The van der Waals surface area contributed by atoms with Crippen LogP contribution < -0.4 is 0 Å². The van der Waals surface area contributed by atoms with Crippen LogP contribution in [-0.2, 0) is 10.0 Å². The standard InChI is InChI=1S/C14H18N4O4S2/c1-10(2)12-15-16-13(22-12)14(19)17-5-7-18(8-6-17)24(20,21)11-4-3-9-23-11/h3-4,9-10H,5-8H2,1-2H3. The predicted molar refractivity (Wildman–Crippen MR) is 87.4 cm³/mol. The van der Waals surface area contributed by atoms with Crippen LogP contribution in [0.5, 0.6) is 0 Å². The molecule has 24 heavy (non-hydrogen) atoms. The summed E-state index contributed by atoms with van der Waals surface area (Å²) in [5.74, 6) is 0.0555. The van der Waals surface area contributed by atoms with Crippen LogP contribution in [0.15, 0.2) is 26.1 Å². The Morgan fingerprint density at radius 2 is 1.96 bits per heavy atom. The van der Waals surface area contributed by atoms with E-state index in [4.69, 9.17) is 4.42 Å². The summed E-state index contributed by atoms with van der Waals surface area (Å²) in [6.45, 7) is 4.88. The van der Waals surface area contributed by atoms with Gasteiger partial charge in [0.1, 0.15) is 4.21 Å². The Morgan fingerprint density at radius 1 is 1.25 bits per heavy atom. The van der Waals surface area contributed by atoms with Gasteiger partial charge in [-0.1, -0.05) is 19.9 Å². The smallest absolute Gasteiger partial charge is 0.311 e. The number of nitrogens with zero attached hydrogens (tertiary/aromatic N) is 4. The van der Waals surface area contributed by atoms with Crippen LogP contribution in [0.25, 0.3) is 0 Å². The highest BCUT2D eigenvalue weighted by molar-refractivity contribution is 7.91. The quantitative estimate of drug-likeness (QED) is 0.807. The molecule has 0 unspecified atom stereocenters. The van der Waals surface area contributed by atoms with Gasteiger partial charge in [-0.2, -0.15) is 4.31 Å². The third kappa shape index (κ3) is 3.21. The largest absolute Gasteiger partial charge is 0.417 e. The van der Waals surface area contributed by atoms with Crippen LogP contribution in [0.1, 0.15) is 36.3 Å². The highest BCUT2D eigenvalue weighted by Crippen LogP contribution is 2.22. The van der Waals surface area contributed by atoms with E-state index in [9.17, 15) is 13.2 Å². The van der Waals surface area contributed by atoms with Crippen molar-refractivity contribution >= 4 is 27.3 Å². The lowest BCUT2D eigenvalue weighted by molar-refractivity contribution is 0.0655. The number of carbonyl (C=O) groups is 1. The van der Waals surface area contributed by atoms with Gasteiger partial charge in [0.05, 0.1) is 0 Å². The molecule has 0 aliphatic carbocycles. The van der Waals surface area contributed by atoms with Crippen molar-refractivity contribution in [1.82, 2.24) is 19.4 Å².